The number of likely N-dealkylation sites (N-methyl/N-ethyl adjacent to an activating group) is 1. The van der Waals surface area contributed by atoms with Gasteiger partial charge in [-0.1, -0.05) is 5.16 Å². The quantitative estimate of drug-likeness (QED) is 0.827. The number of furan rings is 1. The second-order valence-corrected chi connectivity index (χ2v) is 3.62. The Bertz CT molecular complexity index is 422. The molecule has 0 spiro atoms. The van der Waals surface area contributed by atoms with E-state index in [2.05, 4.69) is 5.16 Å². The van der Waals surface area contributed by atoms with Gasteiger partial charge in [0.25, 0.3) is 0 Å². The molecule has 0 unspecified atom stereocenters. The molecule has 2 aromatic rings. The van der Waals surface area contributed by atoms with Crippen molar-refractivity contribution in [3.63, 3.8) is 0 Å². The van der Waals surface area contributed by atoms with Crippen LogP contribution in [0.1, 0.15) is 5.69 Å². The zero-order valence-electron chi connectivity index (χ0n) is 9.09. The SMILES string of the molecule is CN(CCO)Cc1cc(-c2ccco2)on1. The summed E-state index contributed by atoms with van der Waals surface area (Å²) < 4.78 is 10.4. The van der Waals surface area contributed by atoms with Crippen LogP contribution < -0.4 is 0 Å². The van der Waals surface area contributed by atoms with Crippen LogP contribution in [-0.4, -0.2) is 35.4 Å². The summed E-state index contributed by atoms with van der Waals surface area (Å²) in [6, 6.07) is 5.46. The normalized spacial score (nSPS) is 11.2. The predicted molar refractivity (Wildman–Crippen MR) is 57.6 cm³/mol. The van der Waals surface area contributed by atoms with Gasteiger partial charge in [-0.15, -0.1) is 0 Å². The Hall–Kier alpha value is -1.59. The summed E-state index contributed by atoms with van der Waals surface area (Å²) in [6.45, 7) is 1.40. The number of rotatable bonds is 5. The van der Waals surface area contributed by atoms with E-state index in [0.717, 1.165) is 5.69 Å². The molecule has 0 bridgehead atoms. The molecule has 5 heteroatoms. The number of nitrogens with zero attached hydrogens (tertiary/aromatic N) is 2. The van der Waals surface area contributed by atoms with E-state index >= 15 is 0 Å². The minimum Gasteiger partial charge on any atom is -0.461 e. The Labute approximate surface area is 93.3 Å². The highest BCUT2D eigenvalue weighted by atomic mass is 16.5. The van der Waals surface area contributed by atoms with Gasteiger partial charge in [0.1, 0.15) is 0 Å². The minimum atomic E-state index is 0.138. The van der Waals surface area contributed by atoms with Gasteiger partial charge >= 0.3 is 0 Å². The fraction of sp³-hybridized carbons (Fsp3) is 0.364. The lowest BCUT2D eigenvalue weighted by Gasteiger charge is -2.11. The van der Waals surface area contributed by atoms with Gasteiger partial charge in [-0.05, 0) is 19.2 Å². The lowest BCUT2D eigenvalue weighted by Crippen LogP contribution is -2.21. The van der Waals surface area contributed by atoms with E-state index in [-0.39, 0.29) is 6.61 Å². The van der Waals surface area contributed by atoms with Gasteiger partial charge in [0.2, 0.25) is 5.76 Å². The van der Waals surface area contributed by atoms with Crippen molar-refractivity contribution in [3.05, 3.63) is 30.2 Å². The molecule has 0 aliphatic rings. The van der Waals surface area contributed by atoms with E-state index in [1.807, 2.05) is 24.1 Å². The highest BCUT2D eigenvalue weighted by Gasteiger charge is 2.10. The van der Waals surface area contributed by atoms with E-state index < -0.39 is 0 Å². The number of aliphatic hydroxyl groups is 1. The van der Waals surface area contributed by atoms with Gasteiger partial charge in [-0.25, -0.2) is 0 Å². The molecule has 16 heavy (non-hydrogen) atoms. The Kier molecular flexibility index (Phi) is 3.38. The number of hydrogen-bond donors (Lipinski definition) is 1. The third kappa shape index (κ3) is 2.50. The van der Waals surface area contributed by atoms with Crippen LogP contribution in [0.15, 0.2) is 33.4 Å². The molecule has 0 saturated carbocycles. The molecule has 2 aromatic heterocycles. The average Bonchev–Trinajstić information content (AvgIpc) is 2.86. The molecule has 0 saturated heterocycles. The summed E-state index contributed by atoms with van der Waals surface area (Å²) in [4.78, 5) is 1.96. The molecule has 0 aliphatic carbocycles. The Morgan fingerprint density at radius 2 is 2.31 bits per heavy atom. The molecule has 0 radical (unpaired) electrons. The second kappa shape index (κ2) is 4.96. The van der Waals surface area contributed by atoms with E-state index in [1.54, 1.807) is 12.3 Å². The smallest absolute Gasteiger partial charge is 0.202 e. The maximum Gasteiger partial charge on any atom is 0.202 e. The van der Waals surface area contributed by atoms with Crippen LogP contribution in [0.3, 0.4) is 0 Å². The maximum absolute atomic E-state index is 8.77. The zero-order valence-corrected chi connectivity index (χ0v) is 9.09. The highest BCUT2D eigenvalue weighted by molar-refractivity contribution is 5.49. The Morgan fingerprint density at radius 3 is 3.00 bits per heavy atom. The summed E-state index contributed by atoms with van der Waals surface area (Å²) in [6.07, 6.45) is 1.59. The lowest BCUT2D eigenvalue weighted by atomic mass is 10.3. The molecule has 1 N–H and O–H groups in total. The third-order valence-electron chi connectivity index (χ3n) is 2.24. The van der Waals surface area contributed by atoms with Crippen LogP contribution in [0, 0.1) is 0 Å². The number of aromatic nitrogens is 1. The minimum absolute atomic E-state index is 0.138. The molecule has 86 valence electrons. The van der Waals surface area contributed by atoms with Gasteiger partial charge in [0.05, 0.1) is 18.6 Å². The molecule has 2 heterocycles. The monoisotopic (exact) mass is 222 g/mol. The van der Waals surface area contributed by atoms with E-state index in [9.17, 15) is 0 Å². The summed E-state index contributed by atoms with van der Waals surface area (Å²) in [5, 5.41) is 12.7. The molecule has 0 aromatic carbocycles. The van der Waals surface area contributed by atoms with Crippen LogP contribution in [0.25, 0.3) is 11.5 Å². The first kappa shape index (κ1) is 10.9. The second-order valence-electron chi connectivity index (χ2n) is 3.62. The van der Waals surface area contributed by atoms with Crippen LogP contribution in [0.2, 0.25) is 0 Å². The zero-order chi connectivity index (χ0) is 11.4. The van der Waals surface area contributed by atoms with Crippen LogP contribution in [-0.2, 0) is 6.54 Å². The average molecular weight is 222 g/mol. The van der Waals surface area contributed by atoms with Crippen LogP contribution >= 0.6 is 0 Å². The molecule has 0 atom stereocenters. The first-order chi connectivity index (χ1) is 7.79. The molecule has 0 aliphatic heterocycles. The first-order valence-electron chi connectivity index (χ1n) is 5.08. The Balaban J connectivity index is 2.03. The highest BCUT2D eigenvalue weighted by Crippen LogP contribution is 2.20. The van der Waals surface area contributed by atoms with Crippen LogP contribution in [0.4, 0.5) is 0 Å². The van der Waals surface area contributed by atoms with Gasteiger partial charge in [-0.2, -0.15) is 0 Å². The number of aliphatic hydroxyl groups excluding tert-OH is 1. The summed E-state index contributed by atoms with van der Waals surface area (Å²) in [7, 11) is 1.91. The van der Waals surface area contributed by atoms with Crippen molar-refractivity contribution >= 4 is 0 Å². The molecule has 0 amide bonds. The van der Waals surface area contributed by atoms with E-state index in [0.29, 0.717) is 24.6 Å². The third-order valence-corrected chi connectivity index (χ3v) is 2.24. The molecule has 0 fully saturated rings. The van der Waals surface area contributed by atoms with Crippen molar-refractivity contribution in [2.24, 2.45) is 0 Å². The van der Waals surface area contributed by atoms with Crippen molar-refractivity contribution in [2.45, 2.75) is 6.54 Å². The van der Waals surface area contributed by atoms with E-state index in [1.165, 1.54) is 0 Å². The van der Waals surface area contributed by atoms with E-state index in [4.69, 9.17) is 14.0 Å². The molecular weight excluding hydrogens is 208 g/mol. The fourth-order valence-electron chi connectivity index (χ4n) is 1.45. The first-order valence-corrected chi connectivity index (χ1v) is 5.08. The van der Waals surface area contributed by atoms with Gasteiger partial charge in [0, 0.05) is 19.2 Å². The summed E-state index contributed by atoms with van der Waals surface area (Å²) >= 11 is 0. The summed E-state index contributed by atoms with van der Waals surface area (Å²) in [5.74, 6) is 1.29. The topological polar surface area (TPSA) is 62.6 Å². The standard InChI is InChI=1S/C11H14N2O3/c1-13(4-5-14)8-9-7-11(16-12-9)10-3-2-6-15-10/h2-3,6-7,14H,4-5,8H2,1H3. The van der Waals surface area contributed by atoms with Crippen molar-refractivity contribution in [3.8, 4) is 11.5 Å². The maximum atomic E-state index is 8.77. The molecule has 2 rings (SSSR count). The molecular formula is C11H14N2O3. The molecule has 5 nitrogen and oxygen atoms in total. The lowest BCUT2D eigenvalue weighted by molar-refractivity contribution is 0.214. The van der Waals surface area contributed by atoms with Gasteiger partial charge in [0.15, 0.2) is 5.76 Å². The Morgan fingerprint density at radius 1 is 1.44 bits per heavy atom. The fourth-order valence-corrected chi connectivity index (χ4v) is 1.45. The van der Waals surface area contributed by atoms with Gasteiger partial charge in [-0.3, -0.25) is 4.90 Å². The summed E-state index contributed by atoms with van der Waals surface area (Å²) in [5.41, 5.74) is 0.822. The van der Waals surface area contributed by atoms with Crippen molar-refractivity contribution in [1.29, 1.82) is 0 Å². The number of hydrogen-bond acceptors (Lipinski definition) is 5. The van der Waals surface area contributed by atoms with Crippen LogP contribution in [0.5, 0.6) is 0 Å². The van der Waals surface area contributed by atoms with Crippen molar-refractivity contribution < 1.29 is 14.0 Å². The largest absolute Gasteiger partial charge is 0.461 e. The predicted octanol–water partition coefficient (Wildman–Crippen LogP) is 1.36. The van der Waals surface area contributed by atoms with Crippen molar-refractivity contribution in [2.75, 3.05) is 20.2 Å². The van der Waals surface area contributed by atoms with Crippen molar-refractivity contribution in [1.82, 2.24) is 10.1 Å². The van der Waals surface area contributed by atoms with Gasteiger partial charge < -0.3 is 14.0 Å².